The quantitative estimate of drug-likeness (QED) is 0.651. The van der Waals surface area contributed by atoms with E-state index in [0.29, 0.717) is 13.1 Å². The predicted octanol–water partition coefficient (Wildman–Crippen LogP) is -0.224. The molecule has 6 nitrogen and oxygen atoms in total. The summed E-state index contributed by atoms with van der Waals surface area (Å²) in [6, 6.07) is 0. The first-order chi connectivity index (χ1) is 8.51. The fourth-order valence-corrected chi connectivity index (χ4v) is 2.71. The van der Waals surface area contributed by atoms with Crippen LogP contribution in [0.5, 0.6) is 0 Å². The van der Waals surface area contributed by atoms with Gasteiger partial charge in [0.2, 0.25) is 23.6 Å². The first-order valence-corrected chi connectivity index (χ1v) is 6.19. The number of carbonyl (C=O) groups is 4. The minimum atomic E-state index is -0.648. The number of imide groups is 2. The predicted molar refractivity (Wildman–Crippen MR) is 61.0 cm³/mol. The molecule has 0 aromatic carbocycles. The Bertz CT molecular complexity index is 392. The van der Waals surface area contributed by atoms with Gasteiger partial charge in [0.25, 0.3) is 0 Å². The fourth-order valence-electron chi connectivity index (χ4n) is 2.71. The van der Waals surface area contributed by atoms with E-state index in [1.54, 1.807) is 13.8 Å². The second-order valence-corrected chi connectivity index (χ2v) is 4.57. The Morgan fingerprint density at radius 3 is 1.39 bits per heavy atom. The number of hydrogen-bond acceptors (Lipinski definition) is 4. The minimum absolute atomic E-state index is 0.0495. The topological polar surface area (TPSA) is 74.8 Å². The van der Waals surface area contributed by atoms with Gasteiger partial charge in [0.05, 0.1) is 11.8 Å². The maximum Gasteiger partial charge on any atom is 0.233 e. The van der Waals surface area contributed by atoms with Crippen LogP contribution in [0, 0.1) is 11.8 Å². The van der Waals surface area contributed by atoms with Crippen LogP contribution in [0.4, 0.5) is 0 Å². The van der Waals surface area contributed by atoms with Crippen LogP contribution in [0.1, 0.15) is 26.7 Å². The van der Waals surface area contributed by atoms with E-state index in [4.69, 9.17) is 0 Å². The Balaban J connectivity index is 2.20. The maximum atomic E-state index is 12.0. The van der Waals surface area contributed by atoms with E-state index in [2.05, 4.69) is 0 Å². The van der Waals surface area contributed by atoms with Crippen molar-refractivity contribution in [1.82, 2.24) is 9.80 Å². The third-order valence-corrected chi connectivity index (χ3v) is 3.68. The molecule has 0 spiro atoms. The molecule has 2 aliphatic heterocycles. The van der Waals surface area contributed by atoms with Gasteiger partial charge in [0.15, 0.2) is 0 Å². The van der Waals surface area contributed by atoms with Gasteiger partial charge >= 0.3 is 0 Å². The average Bonchev–Trinajstić information content (AvgIpc) is 2.76. The van der Waals surface area contributed by atoms with E-state index < -0.39 is 11.8 Å². The Hall–Kier alpha value is -1.72. The lowest BCUT2D eigenvalue weighted by Crippen LogP contribution is -2.35. The van der Waals surface area contributed by atoms with Crippen molar-refractivity contribution in [2.75, 3.05) is 13.1 Å². The third-order valence-electron chi connectivity index (χ3n) is 3.68. The number of rotatable bonds is 3. The SMILES string of the molecule is CCN1C(=O)CC(C2CC(=O)N(CC)C2=O)C1=O. The van der Waals surface area contributed by atoms with Crippen molar-refractivity contribution in [3.8, 4) is 0 Å². The Morgan fingerprint density at radius 1 is 0.833 bits per heavy atom. The van der Waals surface area contributed by atoms with Gasteiger partial charge in [-0.05, 0) is 13.8 Å². The van der Waals surface area contributed by atoms with Crippen LogP contribution in [0.25, 0.3) is 0 Å². The zero-order chi connectivity index (χ0) is 13.4. The first kappa shape index (κ1) is 12.7. The molecule has 0 N–H and O–H groups in total. The van der Waals surface area contributed by atoms with Crippen molar-refractivity contribution in [3.05, 3.63) is 0 Å². The Morgan fingerprint density at radius 2 is 1.17 bits per heavy atom. The summed E-state index contributed by atoms with van der Waals surface area (Å²) in [5.41, 5.74) is 0. The molecule has 0 saturated carbocycles. The highest BCUT2D eigenvalue weighted by atomic mass is 16.2. The van der Waals surface area contributed by atoms with Crippen molar-refractivity contribution >= 4 is 23.6 Å². The molecule has 2 aliphatic rings. The smallest absolute Gasteiger partial charge is 0.233 e. The molecule has 2 heterocycles. The summed E-state index contributed by atoms with van der Waals surface area (Å²) in [6.45, 7) is 4.08. The molecule has 2 fully saturated rings. The summed E-state index contributed by atoms with van der Waals surface area (Å²) in [6.07, 6.45) is 0.0990. The number of carbonyl (C=O) groups excluding carboxylic acids is 4. The molecule has 2 rings (SSSR count). The lowest BCUT2D eigenvalue weighted by atomic mass is 9.89. The van der Waals surface area contributed by atoms with Crippen molar-refractivity contribution in [2.24, 2.45) is 11.8 Å². The summed E-state index contributed by atoms with van der Waals surface area (Å²) < 4.78 is 0. The van der Waals surface area contributed by atoms with Crippen LogP contribution in [-0.4, -0.2) is 46.5 Å². The van der Waals surface area contributed by atoms with E-state index in [0.717, 1.165) is 9.80 Å². The summed E-state index contributed by atoms with van der Waals surface area (Å²) in [5, 5.41) is 0. The van der Waals surface area contributed by atoms with Crippen molar-refractivity contribution in [2.45, 2.75) is 26.7 Å². The van der Waals surface area contributed by atoms with Crippen molar-refractivity contribution < 1.29 is 19.2 Å². The zero-order valence-electron chi connectivity index (χ0n) is 10.5. The normalized spacial score (nSPS) is 28.8. The maximum absolute atomic E-state index is 12.0. The molecule has 0 bridgehead atoms. The number of nitrogens with zero attached hydrogens (tertiary/aromatic N) is 2. The van der Waals surface area contributed by atoms with Gasteiger partial charge in [-0.1, -0.05) is 0 Å². The lowest BCUT2D eigenvalue weighted by molar-refractivity contribution is -0.144. The monoisotopic (exact) mass is 252 g/mol. The van der Waals surface area contributed by atoms with E-state index in [1.807, 2.05) is 0 Å². The summed E-state index contributed by atoms with van der Waals surface area (Å²) in [4.78, 5) is 49.6. The molecule has 2 atom stereocenters. The first-order valence-electron chi connectivity index (χ1n) is 6.19. The molecule has 2 saturated heterocycles. The van der Waals surface area contributed by atoms with Crippen LogP contribution in [0.3, 0.4) is 0 Å². The lowest BCUT2D eigenvalue weighted by Gasteiger charge is -2.16. The molecular weight excluding hydrogens is 236 g/mol. The van der Waals surface area contributed by atoms with Crippen LogP contribution in [0.2, 0.25) is 0 Å². The number of likely N-dealkylation sites (tertiary alicyclic amines) is 2. The molecular formula is C12H16N2O4. The van der Waals surface area contributed by atoms with E-state index >= 15 is 0 Å². The fraction of sp³-hybridized carbons (Fsp3) is 0.667. The Labute approximate surface area is 105 Å². The van der Waals surface area contributed by atoms with Gasteiger partial charge in [0, 0.05) is 25.9 Å². The third kappa shape index (κ3) is 1.72. The molecule has 98 valence electrons. The highest BCUT2D eigenvalue weighted by molar-refractivity contribution is 6.10. The second-order valence-electron chi connectivity index (χ2n) is 4.57. The molecule has 0 aliphatic carbocycles. The van der Waals surface area contributed by atoms with Crippen LogP contribution in [-0.2, 0) is 19.2 Å². The van der Waals surface area contributed by atoms with Gasteiger partial charge in [-0.25, -0.2) is 0 Å². The van der Waals surface area contributed by atoms with Crippen LogP contribution < -0.4 is 0 Å². The van der Waals surface area contributed by atoms with Gasteiger partial charge in [0.1, 0.15) is 0 Å². The summed E-state index contributed by atoms with van der Waals surface area (Å²) in [5.74, 6) is -2.42. The zero-order valence-corrected chi connectivity index (χ0v) is 10.5. The average molecular weight is 252 g/mol. The van der Waals surface area contributed by atoms with Crippen LogP contribution in [0.15, 0.2) is 0 Å². The minimum Gasteiger partial charge on any atom is -0.283 e. The van der Waals surface area contributed by atoms with E-state index in [9.17, 15) is 19.2 Å². The van der Waals surface area contributed by atoms with Crippen molar-refractivity contribution in [1.29, 1.82) is 0 Å². The number of amides is 4. The standard InChI is InChI=1S/C12H16N2O4/c1-3-13-9(15)5-7(11(13)17)8-6-10(16)14(4-2)12(8)18/h7-8H,3-6H2,1-2H3. The highest BCUT2D eigenvalue weighted by Gasteiger charge is 2.50. The van der Waals surface area contributed by atoms with Crippen molar-refractivity contribution in [3.63, 3.8) is 0 Å². The van der Waals surface area contributed by atoms with Gasteiger partial charge in [-0.2, -0.15) is 0 Å². The molecule has 6 heteroatoms. The molecule has 2 unspecified atom stereocenters. The molecule has 18 heavy (non-hydrogen) atoms. The second kappa shape index (κ2) is 4.51. The van der Waals surface area contributed by atoms with Crippen LogP contribution >= 0.6 is 0 Å². The molecule has 0 aromatic rings. The van der Waals surface area contributed by atoms with Gasteiger partial charge < -0.3 is 0 Å². The molecule has 4 amide bonds. The van der Waals surface area contributed by atoms with Gasteiger partial charge in [-0.3, -0.25) is 29.0 Å². The summed E-state index contributed by atoms with van der Waals surface area (Å²) >= 11 is 0. The van der Waals surface area contributed by atoms with E-state index in [-0.39, 0.29) is 36.5 Å². The summed E-state index contributed by atoms with van der Waals surface area (Å²) in [7, 11) is 0. The molecule has 0 aromatic heterocycles. The Kier molecular flexibility index (Phi) is 3.19. The number of hydrogen-bond donors (Lipinski definition) is 0. The van der Waals surface area contributed by atoms with E-state index in [1.165, 1.54) is 0 Å². The van der Waals surface area contributed by atoms with Gasteiger partial charge in [-0.15, -0.1) is 0 Å². The largest absolute Gasteiger partial charge is 0.283 e. The highest BCUT2D eigenvalue weighted by Crippen LogP contribution is 2.34. The molecule has 0 radical (unpaired) electrons.